The second-order valence-corrected chi connectivity index (χ2v) is 4.15. The average molecular weight is 207 g/mol. The van der Waals surface area contributed by atoms with Crippen molar-refractivity contribution in [1.82, 2.24) is 0 Å². The van der Waals surface area contributed by atoms with E-state index in [4.69, 9.17) is 10.5 Å². The molecule has 0 fully saturated rings. The highest BCUT2D eigenvalue weighted by Crippen LogP contribution is 2.23. The van der Waals surface area contributed by atoms with Crippen molar-refractivity contribution >= 4 is 0 Å². The summed E-state index contributed by atoms with van der Waals surface area (Å²) >= 11 is 0. The van der Waals surface area contributed by atoms with E-state index in [1.807, 2.05) is 19.1 Å². The molecule has 0 radical (unpaired) electrons. The van der Waals surface area contributed by atoms with E-state index in [2.05, 4.69) is 26.8 Å². The lowest BCUT2D eigenvalue weighted by atomic mass is 10.1. The van der Waals surface area contributed by atoms with Crippen LogP contribution in [0.5, 0.6) is 5.75 Å². The zero-order valence-electron chi connectivity index (χ0n) is 10.1. The van der Waals surface area contributed by atoms with Gasteiger partial charge in [0.15, 0.2) is 0 Å². The summed E-state index contributed by atoms with van der Waals surface area (Å²) in [6.45, 7) is 8.25. The van der Waals surface area contributed by atoms with Crippen LogP contribution in [0.4, 0.5) is 0 Å². The molecule has 0 saturated carbocycles. The summed E-state index contributed by atoms with van der Waals surface area (Å²) in [7, 11) is 0. The molecule has 1 aromatic carbocycles. The minimum Gasteiger partial charge on any atom is -0.490 e. The Balaban J connectivity index is 2.83. The molecule has 0 aliphatic carbocycles. The molecule has 2 N–H and O–H groups in total. The Morgan fingerprint density at radius 3 is 2.47 bits per heavy atom. The van der Waals surface area contributed by atoms with Gasteiger partial charge in [-0.1, -0.05) is 19.1 Å². The molecule has 0 spiro atoms. The minimum absolute atomic E-state index is 0.0846. The van der Waals surface area contributed by atoms with E-state index in [0.717, 1.165) is 23.3 Å². The molecule has 2 heteroatoms. The molecule has 84 valence electrons. The molecular weight excluding hydrogens is 186 g/mol. The lowest BCUT2D eigenvalue weighted by molar-refractivity contribution is 0.216. The fraction of sp³-hybridized carbons (Fsp3) is 0.538. The van der Waals surface area contributed by atoms with Gasteiger partial charge in [0.25, 0.3) is 0 Å². The first kappa shape index (κ1) is 12.1. The molecule has 0 bridgehead atoms. The predicted octanol–water partition coefficient (Wildman–Crippen LogP) is 3.19. The summed E-state index contributed by atoms with van der Waals surface area (Å²) in [5.74, 6) is 0.966. The van der Waals surface area contributed by atoms with E-state index in [-0.39, 0.29) is 12.1 Å². The van der Waals surface area contributed by atoms with Crippen molar-refractivity contribution in [3.8, 4) is 5.75 Å². The summed E-state index contributed by atoms with van der Waals surface area (Å²) in [6, 6.07) is 6.24. The molecule has 1 rings (SSSR count). The fourth-order valence-corrected chi connectivity index (χ4v) is 1.39. The van der Waals surface area contributed by atoms with Gasteiger partial charge in [-0.25, -0.2) is 0 Å². The molecule has 0 aromatic heterocycles. The maximum atomic E-state index is 5.82. The van der Waals surface area contributed by atoms with Crippen LogP contribution >= 0.6 is 0 Å². The van der Waals surface area contributed by atoms with Gasteiger partial charge in [0.05, 0.1) is 6.10 Å². The van der Waals surface area contributed by atoms with Crippen LogP contribution in [0.2, 0.25) is 0 Å². The van der Waals surface area contributed by atoms with E-state index in [9.17, 15) is 0 Å². The molecule has 2 atom stereocenters. The Hall–Kier alpha value is -1.02. The van der Waals surface area contributed by atoms with Crippen molar-refractivity contribution in [1.29, 1.82) is 0 Å². The Morgan fingerprint density at radius 1 is 1.33 bits per heavy atom. The lowest BCUT2D eigenvalue weighted by Gasteiger charge is -2.16. The number of rotatable bonds is 4. The number of aryl methyl sites for hydroxylation is 1. The van der Waals surface area contributed by atoms with Gasteiger partial charge in [-0.2, -0.15) is 0 Å². The number of nitrogens with two attached hydrogens (primary N) is 1. The maximum absolute atomic E-state index is 5.82. The summed E-state index contributed by atoms with van der Waals surface area (Å²) in [5, 5.41) is 0. The maximum Gasteiger partial charge on any atom is 0.122 e. The van der Waals surface area contributed by atoms with Crippen LogP contribution in [0.1, 0.15) is 44.4 Å². The zero-order chi connectivity index (χ0) is 11.4. The highest BCUT2D eigenvalue weighted by atomic mass is 16.5. The number of ether oxygens (including phenoxy) is 1. The van der Waals surface area contributed by atoms with Gasteiger partial charge in [0, 0.05) is 6.04 Å². The summed E-state index contributed by atoms with van der Waals surface area (Å²) in [6.07, 6.45) is 1.29. The number of hydrogen-bond acceptors (Lipinski definition) is 2. The summed E-state index contributed by atoms with van der Waals surface area (Å²) < 4.78 is 5.79. The molecular formula is C13H21NO. The van der Waals surface area contributed by atoms with E-state index >= 15 is 0 Å². The van der Waals surface area contributed by atoms with Crippen molar-refractivity contribution in [3.05, 3.63) is 29.3 Å². The van der Waals surface area contributed by atoms with Gasteiger partial charge in [-0.15, -0.1) is 0 Å². The third-order valence-electron chi connectivity index (χ3n) is 2.63. The van der Waals surface area contributed by atoms with Crippen LogP contribution in [-0.4, -0.2) is 6.10 Å². The highest BCUT2D eigenvalue weighted by molar-refractivity contribution is 5.37. The van der Waals surface area contributed by atoms with Crippen molar-refractivity contribution in [3.63, 3.8) is 0 Å². The fourth-order valence-electron chi connectivity index (χ4n) is 1.39. The van der Waals surface area contributed by atoms with Crippen molar-refractivity contribution in [2.24, 2.45) is 5.73 Å². The predicted molar refractivity (Wildman–Crippen MR) is 64.2 cm³/mol. The average Bonchev–Trinajstić information content (AvgIpc) is 2.20. The number of hydrogen-bond donors (Lipinski definition) is 1. The first-order valence-electron chi connectivity index (χ1n) is 5.57. The summed E-state index contributed by atoms with van der Waals surface area (Å²) in [5.41, 5.74) is 8.13. The number of benzene rings is 1. The molecule has 0 amide bonds. The Bertz CT molecular complexity index is 320. The van der Waals surface area contributed by atoms with Crippen molar-refractivity contribution in [2.75, 3.05) is 0 Å². The third-order valence-corrected chi connectivity index (χ3v) is 2.63. The van der Waals surface area contributed by atoms with E-state index in [0.29, 0.717) is 0 Å². The van der Waals surface area contributed by atoms with Gasteiger partial charge < -0.3 is 10.5 Å². The van der Waals surface area contributed by atoms with Crippen LogP contribution in [0, 0.1) is 6.92 Å². The standard InChI is InChI=1S/C13H21NO/c1-5-10(3)15-13-7-6-12(11(4)14)8-9(13)2/h6-8,10-11H,5,14H2,1-4H3/t10?,11-/m1/s1. The van der Waals surface area contributed by atoms with Crippen LogP contribution in [0.3, 0.4) is 0 Å². The molecule has 0 aliphatic rings. The van der Waals surface area contributed by atoms with Gasteiger partial charge in [0.2, 0.25) is 0 Å². The van der Waals surface area contributed by atoms with Gasteiger partial charge in [-0.05, 0) is 44.4 Å². The Kier molecular flexibility index (Phi) is 4.15. The molecule has 0 heterocycles. The second kappa shape index (κ2) is 5.17. The first-order chi connectivity index (χ1) is 7.04. The van der Waals surface area contributed by atoms with Gasteiger partial charge in [0.1, 0.15) is 5.75 Å². The second-order valence-electron chi connectivity index (χ2n) is 4.15. The van der Waals surface area contributed by atoms with E-state index < -0.39 is 0 Å². The molecule has 1 unspecified atom stereocenters. The molecule has 0 aliphatic heterocycles. The zero-order valence-corrected chi connectivity index (χ0v) is 10.1. The molecule has 0 saturated heterocycles. The molecule has 1 aromatic rings. The van der Waals surface area contributed by atoms with Gasteiger partial charge >= 0.3 is 0 Å². The summed E-state index contributed by atoms with van der Waals surface area (Å²) in [4.78, 5) is 0. The largest absolute Gasteiger partial charge is 0.490 e. The Morgan fingerprint density at radius 2 is 2.00 bits per heavy atom. The Labute approximate surface area is 92.4 Å². The highest BCUT2D eigenvalue weighted by Gasteiger charge is 2.06. The normalized spacial score (nSPS) is 14.7. The monoisotopic (exact) mass is 207 g/mol. The first-order valence-corrected chi connectivity index (χ1v) is 5.57. The topological polar surface area (TPSA) is 35.2 Å². The van der Waals surface area contributed by atoms with Crippen LogP contribution in [0.15, 0.2) is 18.2 Å². The SMILES string of the molecule is CCC(C)Oc1ccc([C@@H](C)N)cc1C. The molecule has 15 heavy (non-hydrogen) atoms. The quantitative estimate of drug-likeness (QED) is 0.823. The smallest absolute Gasteiger partial charge is 0.122 e. The van der Waals surface area contributed by atoms with Gasteiger partial charge in [-0.3, -0.25) is 0 Å². The third kappa shape index (κ3) is 3.24. The minimum atomic E-state index is 0.0846. The van der Waals surface area contributed by atoms with Crippen LogP contribution in [0.25, 0.3) is 0 Å². The van der Waals surface area contributed by atoms with E-state index in [1.54, 1.807) is 0 Å². The van der Waals surface area contributed by atoms with Crippen LogP contribution in [-0.2, 0) is 0 Å². The lowest BCUT2D eigenvalue weighted by Crippen LogP contribution is -2.11. The molecule has 2 nitrogen and oxygen atoms in total. The van der Waals surface area contributed by atoms with Crippen molar-refractivity contribution < 1.29 is 4.74 Å². The van der Waals surface area contributed by atoms with Crippen LogP contribution < -0.4 is 10.5 Å². The van der Waals surface area contributed by atoms with E-state index in [1.165, 1.54) is 0 Å². The van der Waals surface area contributed by atoms with Crippen molar-refractivity contribution in [2.45, 2.75) is 46.3 Å².